The van der Waals surface area contributed by atoms with Crippen LogP contribution in [-0.2, 0) is 13.8 Å². The van der Waals surface area contributed by atoms with E-state index in [1.165, 1.54) is 0 Å². The third-order valence-corrected chi connectivity index (χ3v) is 11.7. The first kappa shape index (κ1) is 22.8. The molecule has 150 valence electrons. The van der Waals surface area contributed by atoms with E-state index in [1.54, 1.807) is 0 Å². The Morgan fingerprint density at radius 2 is 1.54 bits per heavy atom. The Morgan fingerprint density at radius 1 is 1.07 bits per heavy atom. The highest BCUT2D eigenvalue weighted by molar-refractivity contribution is 7.46. The summed E-state index contributed by atoms with van der Waals surface area (Å²) in [6.45, 7) is 6.37. The fourth-order valence-corrected chi connectivity index (χ4v) is 9.43. The lowest BCUT2D eigenvalue weighted by Gasteiger charge is -2.44. The molecule has 0 radical (unpaired) electrons. The van der Waals surface area contributed by atoms with E-state index in [0.29, 0.717) is 0 Å². The van der Waals surface area contributed by atoms with Crippen LogP contribution in [0.1, 0.15) is 27.2 Å². The Labute approximate surface area is 173 Å². The highest BCUT2D eigenvalue weighted by Gasteiger charge is 2.52. The number of halogens is 1. The molecule has 2 unspecified atom stereocenters. The standard InChI is InChI=1S/C21H26ClO4PSi/c1-21(2,3)28(18-10-6-4-7-11-18,19-12-8-5-9-13-19)26-17(14-20(23)24)15-27(25)16-22/h4-13,17H,14-16H2,1-3H3/p+1. The lowest BCUT2D eigenvalue weighted by molar-refractivity contribution is -0.138. The van der Waals surface area contributed by atoms with Crippen LogP contribution in [0.25, 0.3) is 0 Å². The summed E-state index contributed by atoms with van der Waals surface area (Å²) in [5.74, 6) is -0.971. The number of aliphatic carboxylic acids is 1. The molecular weight excluding hydrogens is 411 g/mol. The predicted octanol–water partition coefficient (Wildman–Crippen LogP) is 4.43. The van der Waals surface area contributed by atoms with Crippen molar-refractivity contribution in [3.8, 4) is 0 Å². The van der Waals surface area contributed by atoms with E-state index in [0.717, 1.165) is 10.4 Å². The van der Waals surface area contributed by atoms with Crippen molar-refractivity contribution in [2.24, 2.45) is 0 Å². The van der Waals surface area contributed by atoms with Crippen molar-refractivity contribution in [3.05, 3.63) is 60.7 Å². The Hall–Kier alpha value is -1.52. The van der Waals surface area contributed by atoms with Gasteiger partial charge in [0.15, 0.2) is 6.16 Å². The van der Waals surface area contributed by atoms with Gasteiger partial charge in [0.2, 0.25) is 5.62 Å². The molecule has 28 heavy (non-hydrogen) atoms. The van der Waals surface area contributed by atoms with Crippen molar-refractivity contribution < 1.29 is 18.9 Å². The molecule has 0 aliphatic heterocycles. The number of carbonyl (C=O) groups is 1. The van der Waals surface area contributed by atoms with Gasteiger partial charge in [0.1, 0.15) is 6.10 Å². The van der Waals surface area contributed by atoms with Crippen LogP contribution in [0.4, 0.5) is 0 Å². The zero-order chi connectivity index (χ0) is 20.8. The van der Waals surface area contributed by atoms with E-state index in [1.807, 2.05) is 60.7 Å². The van der Waals surface area contributed by atoms with Crippen molar-refractivity contribution in [1.29, 1.82) is 0 Å². The summed E-state index contributed by atoms with van der Waals surface area (Å²) < 4.78 is 18.9. The third kappa shape index (κ3) is 5.29. The van der Waals surface area contributed by atoms with Crippen LogP contribution in [0.2, 0.25) is 5.04 Å². The van der Waals surface area contributed by atoms with E-state index < -0.39 is 28.2 Å². The molecule has 2 rings (SSSR count). The van der Waals surface area contributed by atoms with Crippen LogP contribution in [0.5, 0.6) is 0 Å². The van der Waals surface area contributed by atoms with Gasteiger partial charge in [-0.3, -0.25) is 4.79 Å². The molecule has 0 aromatic heterocycles. The number of benzene rings is 2. The Balaban J connectivity index is 2.65. The SMILES string of the molecule is CC(C)(C)[Si](OC(CC(=O)O)C[P+](=O)CCl)(c1ccccc1)c1ccccc1. The topological polar surface area (TPSA) is 63.6 Å². The molecule has 4 nitrogen and oxygen atoms in total. The quantitative estimate of drug-likeness (QED) is 0.358. The van der Waals surface area contributed by atoms with Gasteiger partial charge in [-0.25, -0.2) is 0 Å². The first-order valence-corrected chi connectivity index (χ1v) is 13.3. The molecule has 2 aromatic carbocycles. The van der Waals surface area contributed by atoms with E-state index in [4.69, 9.17) is 16.0 Å². The highest BCUT2D eigenvalue weighted by Crippen LogP contribution is 2.39. The van der Waals surface area contributed by atoms with Crippen LogP contribution in [0.15, 0.2) is 60.7 Å². The van der Waals surface area contributed by atoms with Crippen LogP contribution in [-0.4, -0.2) is 37.3 Å². The maximum atomic E-state index is 12.2. The number of hydrogen-bond donors (Lipinski definition) is 1. The van der Waals surface area contributed by atoms with Crippen molar-refractivity contribution in [2.75, 3.05) is 11.8 Å². The van der Waals surface area contributed by atoms with Crippen molar-refractivity contribution >= 4 is 44.1 Å². The minimum absolute atomic E-state index is 0.00440. The molecule has 0 fully saturated rings. The van der Waals surface area contributed by atoms with Gasteiger partial charge in [0.05, 0.1) is 6.42 Å². The van der Waals surface area contributed by atoms with Gasteiger partial charge in [-0.1, -0.05) is 97.6 Å². The molecule has 0 aliphatic rings. The molecule has 0 spiro atoms. The van der Waals surface area contributed by atoms with Gasteiger partial charge in [0.25, 0.3) is 8.32 Å². The molecule has 7 heteroatoms. The maximum Gasteiger partial charge on any atom is 0.357 e. The Bertz CT molecular complexity index is 754. The average molecular weight is 438 g/mol. The van der Waals surface area contributed by atoms with E-state index in [9.17, 15) is 14.5 Å². The largest absolute Gasteiger partial charge is 0.481 e. The second kappa shape index (κ2) is 9.79. The van der Waals surface area contributed by atoms with E-state index in [-0.39, 0.29) is 23.2 Å². The summed E-state index contributed by atoms with van der Waals surface area (Å²) >= 11 is 5.75. The molecule has 0 aliphatic carbocycles. The Kier molecular flexibility index (Phi) is 7.96. The summed E-state index contributed by atoms with van der Waals surface area (Å²) in [6.07, 6.45) is -0.746. The number of hydrogen-bond acceptors (Lipinski definition) is 3. The van der Waals surface area contributed by atoms with Gasteiger partial charge in [0, 0.05) is 0 Å². The van der Waals surface area contributed by atoms with Gasteiger partial charge < -0.3 is 9.53 Å². The first-order valence-electron chi connectivity index (χ1n) is 9.19. The fraction of sp³-hybridized carbons (Fsp3) is 0.381. The van der Waals surface area contributed by atoms with Gasteiger partial charge in [-0.15, -0.1) is 0 Å². The number of carboxylic acids is 1. The van der Waals surface area contributed by atoms with Crippen LogP contribution < -0.4 is 10.4 Å². The summed E-state index contributed by atoms with van der Waals surface area (Å²) in [4.78, 5) is 11.5. The molecule has 0 saturated carbocycles. The predicted molar refractivity (Wildman–Crippen MR) is 118 cm³/mol. The van der Waals surface area contributed by atoms with E-state index in [2.05, 4.69) is 20.8 Å². The molecule has 0 bridgehead atoms. The summed E-state index contributed by atoms with van der Waals surface area (Å²) in [5, 5.41) is 11.3. The van der Waals surface area contributed by atoms with Crippen LogP contribution in [0, 0.1) is 0 Å². The van der Waals surface area contributed by atoms with Crippen molar-refractivity contribution in [2.45, 2.75) is 38.3 Å². The Morgan fingerprint density at radius 3 is 1.89 bits per heavy atom. The van der Waals surface area contributed by atoms with Gasteiger partial charge >= 0.3 is 13.8 Å². The molecule has 0 saturated heterocycles. The normalized spacial score (nSPS) is 13.8. The fourth-order valence-electron chi connectivity index (χ4n) is 3.56. The van der Waals surface area contributed by atoms with Crippen LogP contribution >= 0.6 is 19.4 Å². The second-order valence-electron chi connectivity index (χ2n) is 7.78. The third-order valence-electron chi connectivity index (χ3n) is 4.70. The monoisotopic (exact) mass is 437 g/mol. The second-order valence-corrected chi connectivity index (χ2v) is 14.3. The molecule has 0 amide bonds. The van der Waals surface area contributed by atoms with E-state index >= 15 is 0 Å². The molecule has 1 N–H and O–H groups in total. The number of carboxylic acid groups (broad SMARTS) is 1. The average Bonchev–Trinajstić information content (AvgIpc) is 2.65. The highest BCUT2D eigenvalue weighted by atomic mass is 35.5. The van der Waals surface area contributed by atoms with Gasteiger partial charge in [-0.2, -0.15) is 0 Å². The minimum atomic E-state index is -2.89. The maximum absolute atomic E-state index is 12.2. The zero-order valence-corrected chi connectivity index (χ0v) is 19.1. The first-order chi connectivity index (χ1) is 13.2. The summed E-state index contributed by atoms with van der Waals surface area (Å²) in [6, 6.07) is 20.0. The number of rotatable bonds is 9. The van der Waals surface area contributed by atoms with Crippen LogP contribution in [0.3, 0.4) is 0 Å². The van der Waals surface area contributed by atoms with Gasteiger partial charge in [-0.05, 0) is 15.4 Å². The smallest absolute Gasteiger partial charge is 0.357 e. The van der Waals surface area contributed by atoms with Crippen molar-refractivity contribution in [1.82, 2.24) is 0 Å². The number of alkyl halides is 1. The summed E-state index contributed by atoms with van der Waals surface area (Å²) in [7, 11) is -4.62. The van der Waals surface area contributed by atoms with Crippen molar-refractivity contribution in [3.63, 3.8) is 0 Å². The molecule has 2 aromatic rings. The molecule has 2 atom stereocenters. The molecule has 0 heterocycles. The zero-order valence-electron chi connectivity index (χ0n) is 16.5. The lowest BCUT2D eigenvalue weighted by Crippen LogP contribution is -2.68. The lowest BCUT2D eigenvalue weighted by atomic mass is 10.2. The minimum Gasteiger partial charge on any atom is -0.481 e. The summed E-state index contributed by atoms with van der Waals surface area (Å²) in [5.41, 5.74) is -0.00440. The molecular formula is C21H27ClO4PSi+.